The minimum absolute atomic E-state index is 0.0379. The van der Waals surface area contributed by atoms with Crippen molar-refractivity contribution < 1.29 is 34.6 Å². The van der Waals surface area contributed by atoms with Crippen LogP contribution < -0.4 is 10.1 Å². The van der Waals surface area contributed by atoms with Crippen LogP contribution in [-0.2, 0) is 25.6 Å². The molecule has 2 aromatic heterocycles. The molecule has 184 valence electrons. The fourth-order valence-corrected chi connectivity index (χ4v) is 7.23. The molecular weight excluding hydrogens is 542 g/mol. The number of carboxylic acid groups (broad SMARTS) is 2. The van der Waals surface area contributed by atoms with Crippen molar-refractivity contribution in [2.24, 2.45) is 5.16 Å². The maximum Gasteiger partial charge on any atom is 0.352 e. The lowest BCUT2D eigenvalue weighted by molar-refractivity contribution is -0.150. The summed E-state index contributed by atoms with van der Waals surface area (Å²) in [6, 6.07) is -1.02. The van der Waals surface area contributed by atoms with Gasteiger partial charge < -0.3 is 25.7 Å². The summed E-state index contributed by atoms with van der Waals surface area (Å²) in [4.78, 5) is 51.9. The van der Waals surface area contributed by atoms with Gasteiger partial charge in [-0.1, -0.05) is 28.3 Å². The molecule has 2 amide bonds. The number of rotatable bonds is 9. The van der Waals surface area contributed by atoms with Crippen molar-refractivity contribution in [1.82, 2.24) is 25.4 Å². The Hall–Kier alpha value is -3.22. The number of aromatic amines is 1. The number of nitrogens with zero attached hydrogens (tertiary/aromatic N) is 4. The van der Waals surface area contributed by atoms with Crippen molar-refractivity contribution in [2.45, 2.75) is 22.2 Å². The molecule has 35 heavy (non-hydrogen) atoms. The van der Waals surface area contributed by atoms with E-state index in [0.29, 0.717) is 14.9 Å². The Morgan fingerprint density at radius 2 is 2.11 bits per heavy atom. The maximum absolute atomic E-state index is 12.8. The number of aliphatic carboxylic acids is 2. The third-order valence-corrected chi connectivity index (χ3v) is 8.94. The molecule has 18 heteroatoms. The summed E-state index contributed by atoms with van der Waals surface area (Å²) in [7, 11) is 0. The number of β-lactam (4-membered cyclic amide) rings is 1. The highest BCUT2D eigenvalue weighted by Crippen LogP contribution is 2.41. The highest BCUT2D eigenvalue weighted by molar-refractivity contribution is 8.01. The molecule has 2 aliphatic heterocycles. The second-order valence-electron chi connectivity index (χ2n) is 6.99. The topological polar surface area (TPSA) is 222 Å². The predicted molar refractivity (Wildman–Crippen MR) is 125 cm³/mol. The lowest BCUT2D eigenvalue weighted by atomic mass is 10.0. The van der Waals surface area contributed by atoms with Crippen LogP contribution in [0.4, 0.5) is 0 Å². The van der Waals surface area contributed by atoms with Crippen LogP contribution in [0, 0.1) is 5.41 Å². The van der Waals surface area contributed by atoms with Crippen molar-refractivity contribution >= 4 is 75.7 Å². The van der Waals surface area contributed by atoms with Gasteiger partial charge in [-0.15, -0.1) is 33.3 Å². The molecule has 14 nitrogen and oxygen atoms in total. The van der Waals surface area contributed by atoms with Gasteiger partial charge in [0, 0.05) is 16.9 Å². The number of carboxylic acids is 2. The summed E-state index contributed by atoms with van der Waals surface area (Å²) >= 11 is 4.55. The molecule has 0 aliphatic carbocycles. The van der Waals surface area contributed by atoms with Gasteiger partial charge in [-0.25, -0.2) is 4.79 Å². The average molecular weight is 558 g/mol. The monoisotopic (exact) mass is 557 g/mol. The minimum atomic E-state index is -1.29. The van der Waals surface area contributed by atoms with Crippen molar-refractivity contribution in [3.8, 4) is 0 Å². The van der Waals surface area contributed by atoms with Crippen LogP contribution >= 0.6 is 46.2 Å². The second kappa shape index (κ2) is 10.2. The van der Waals surface area contributed by atoms with E-state index < -0.39 is 40.9 Å². The van der Waals surface area contributed by atoms with Gasteiger partial charge in [-0.2, -0.15) is 0 Å². The SMILES string of the molecule is N=c1[nH]c(C(=NO)C(=O)NC2C(=O)N3C(C(=O)O)=C(CSc4nnc(CC(=O)O)s4)CS[C@@H]23)cs1. The summed E-state index contributed by atoms with van der Waals surface area (Å²) < 4.78 is 0.475. The summed E-state index contributed by atoms with van der Waals surface area (Å²) in [5.74, 6) is -3.32. The van der Waals surface area contributed by atoms with Gasteiger partial charge in [-0.3, -0.25) is 24.7 Å². The van der Waals surface area contributed by atoms with E-state index in [1.807, 2.05) is 0 Å². The number of hydrogen-bond acceptors (Lipinski definition) is 13. The number of thioether (sulfide) groups is 2. The highest BCUT2D eigenvalue weighted by atomic mass is 32.2. The van der Waals surface area contributed by atoms with E-state index in [-0.39, 0.29) is 34.1 Å². The van der Waals surface area contributed by atoms with Crippen LogP contribution in [0.1, 0.15) is 10.7 Å². The Morgan fingerprint density at radius 1 is 1.34 bits per heavy atom. The predicted octanol–water partition coefficient (Wildman–Crippen LogP) is -0.257. The molecule has 0 aromatic carbocycles. The minimum Gasteiger partial charge on any atom is -0.481 e. The molecule has 6 N–H and O–H groups in total. The number of carbonyl (C=O) groups is 4. The van der Waals surface area contributed by atoms with E-state index in [0.717, 1.165) is 27.6 Å². The van der Waals surface area contributed by atoms with Gasteiger partial charge in [0.15, 0.2) is 14.9 Å². The number of aromatic nitrogens is 3. The average Bonchev–Trinajstić information content (AvgIpc) is 3.43. The van der Waals surface area contributed by atoms with Gasteiger partial charge in [0.1, 0.15) is 22.1 Å². The molecule has 1 saturated heterocycles. The Balaban J connectivity index is 1.45. The number of amides is 2. The Labute approximate surface area is 211 Å². The number of carbonyl (C=O) groups excluding carboxylic acids is 2. The van der Waals surface area contributed by atoms with Gasteiger partial charge in [0.05, 0.1) is 12.1 Å². The molecule has 2 aliphatic rings. The standard InChI is InChI=1S/C17H15N7O7S4/c18-16-19-6(4-33-16)9(23-31)12(27)20-10-13(28)24-11(15(29)30)5(2-32-14(10)24)3-34-17-22-21-7(35-17)1-8(25)26/h4,10,14,31H,1-3H2,(H2,18,19)(H,20,27)(H,25,26)(H,29,30)/t10?,14-/m0/s1. The van der Waals surface area contributed by atoms with E-state index in [2.05, 4.69) is 25.7 Å². The molecule has 0 radical (unpaired) electrons. The number of fused-ring (bicyclic) bond motifs is 1. The Bertz CT molecular complexity index is 1330. The summed E-state index contributed by atoms with van der Waals surface area (Å²) in [6.45, 7) is 0. The molecular formula is C17H15N7O7S4. The number of oxime groups is 1. The first-order chi connectivity index (χ1) is 16.7. The van der Waals surface area contributed by atoms with Gasteiger partial charge in [0.25, 0.3) is 11.8 Å². The van der Waals surface area contributed by atoms with Gasteiger partial charge >= 0.3 is 11.9 Å². The van der Waals surface area contributed by atoms with Crippen molar-refractivity contribution in [3.63, 3.8) is 0 Å². The third kappa shape index (κ3) is 5.09. The lowest BCUT2D eigenvalue weighted by Crippen LogP contribution is -2.71. The van der Waals surface area contributed by atoms with E-state index >= 15 is 0 Å². The Kier molecular flexibility index (Phi) is 7.24. The second-order valence-corrected chi connectivity index (χ2v) is 11.3. The molecule has 2 aromatic rings. The van der Waals surface area contributed by atoms with E-state index in [1.54, 1.807) is 0 Å². The van der Waals surface area contributed by atoms with E-state index in [9.17, 15) is 29.5 Å². The molecule has 4 heterocycles. The van der Waals surface area contributed by atoms with Crippen LogP contribution in [0.25, 0.3) is 0 Å². The largest absolute Gasteiger partial charge is 0.481 e. The molecule has 0 saturated carbocycles. The van der Waals surface area contributed by atoms with Crippen LogP contribution in [0.5, 0.6) is 0 Å². The van der Waals surface area contributed by atoms with E-state index in [4.69, 9.17) is 10.5 Å². The fraction of sp³-hybridized carbons (Fsp3) is 0.294. The lowest BCUT2D eigenvalue weighted by Gasteiger charge is -2.49. The zero-order valence-corrected chi connectivity index (χ0v) is 20.5. The zero-order valence-electron chi connectivity index (χ0n) is 17.2. The van der Waals surface area contributed by atoms with Gasteiger partial charge in [-0.05, 0) is 5.57 Å². The number of nitrogens with one attached hydrogen (secondary N) is 3. The summed E-state index contributed by atoms with van der Waals surface area (Å²) in [5, 5.41) is 49.5. The molecule has 1 unspecified atom stereocenters. The van der Waals surface area contributed by atoms with Gasteiger partial charge in [0.2, 0.25) is 0 Å². The normalized spacial score (nSPS) is 19.8. The molecule has 0 spiro atoms. The first-order valence-electron chi connectivity index (χ1n) is 9.52. The van der Waals surface area contributed by atoms with Crippen LogP contribution in [0.2, 0.25) is 0 Å². The fourth-order valence-electron chi connectivity index (χ4n) is 3.29. The van der Waals surface area contributed by atoms with Crippen LogP contribution in [0.3, 0.4) is 0 Å². The van der Waals surface area contributed by atoms with Crippen molar-refractivity contribution in [1.29, 1.82) is 5.41 Å². The quantitative estimate of drug-likeness (QED) is 0.0775. The van der Waals surface area contributed by atoms with Crippen molar-refractivity contribution in [3.05, 3.63) is 32.2 Å². The summed E-state index contributed by atoms with van der Waals surface area (Å²) in [6.07, 6.45) is -0.258. The molecule has 4 rings (SSSR count). The number of hydrogen-bond donors (Lipinski definition) is 6. The first kappa shape index (κ1) is 24.9. The highest BCUT2D eigenvalue weighted by Gasteiger charge is 2.54. The zero-order chi connectivity index (χ0) is 25.3. The van der Waals surface area contributed by atoms with Crippen LogP contribution in [-0.4, -0.2) is 87.9 Å². The smallest absolute Gasteiger partial charge is 0.352 e. The number of H-pyrrole nitrogens is 1. The Morgan fingerprint density at radius 3 is 2.74 bits per heavy atom. The third-order valence-electron chi connectivity index (χ3n) is 4.77. The number of thiazole rings is 1. The molecule has 0 bridgehead atoms. The first-order valence-corrected chi connectivity index (χ1v) is 13.2. The molecule has 1 fully saturated rings. The van der Waals surface area contributed by atoms with Crippen molar-refractivity contribution in [2.75, 3.05) is 11.5 Å². The van der Waals surface area contributed by atoms with E-state index in [1.165, 1.54) is 28.9 Å². The summed E-state index contributed by atoms with van der Waals surface area (Å²) in [5.41, 5.74) is 0.00387. The van der Waals surface area contributed by atoms with Crippen LogP contribution in [0.15, 0.2) is 26.1 Å². The molecule has 2 atom stereocenters. The maximum atomic E-state index is 12.8.